The summed E-state index contributed by atoms with van der Waals surface area (Å²) in [6, 6.07) is 11.7. The molecule has 0 bridgehead atoms. The van der Waals surface area contributed by atoms with Crippen LogP contribution in [0.15, 0.2) is 58.7 Å². The number of thiophene rings is 1. The van der Waals surface area contributed by atoms with Crippen LogP contribution in [0.5, 0.6) is 5.75 Å². The standard InChI is InChI=1S/C24H20FN3O5S/c1-3-32-17-11-9-16(10-12-17)28-23(30)19-18(20(27-28)24(31)33-4-2)13-34-22(19)26-21(29)14-5-7-15(25)8-6-14/h5-13H,3-4H2,1-2H3,(H,26,29). The monoisotopic (exact) mass is 481 g/mol. The number of rotatable bonds is 7. The van der Waals surface area contributed by atoms with Crippen LogP contribution in [-0.2, 0) is 4.74 Å². The lowest BCUT2D eigenvalue weighted by Crippen LogP contribution is -2.25. The Kier molecular flexibility index (Phi) is 6.69. The lowest BCUT2D eigenvalue weighted by Gasteiger charge is -2.11. The molecule has 4 aromatic rings. The summed E-state index contributed by atoms with van der Waals surface area (Å²) in [6.45, 7) is 4.14. The van der Waals surface area contributed by atoms with Crippen molar-refractivity contribution in [2.75, 3.05) is 18.5 Å². The van der Waals surface area contributed by atoms with Crippen molar-refractivity contribution in [3.63, 3.8) is 0 Å². The molecular formula is C24H20FN3O5S. The van der Waals surface area contributed by atoms with Crippen molar-refractivity contribution < 1.29 is 23.5 Å². The Bertz CT molecular complexity index is 1410. The van der Waals surface area contributed by atoms with Gasteiger partial charge in [0.1, 0.15) is 16.6 Å². The second-order valence-electron chi connectivity index (χ2n) is 7.03. The molecule has 0 fully saturated rings. The maximum absolute atomic E-state index is 13.4. The summed E-state index contributed by atoms with van der Waals surface area (Å²) in [7, 11) is 0. The number of esters is 1. The molecule has 1 N–H and O–H groups in total. The molecule has 2 heterocycles. The average Bonchev–Trinajstić information content (AvgIpc) is 3.25. The molecule has 10 heteroatoms. The summed E-state index contributed by atoms with van der Waals surface area (Å²) >= 11 is 1.08. The summed E-state index contributed by atoms with van der Waals surface area (Å²) in [5, 5.41) is 9.15. The smallest absolute Gasteiger partial charge is 0.359 e. The number of nitrogens with one attached hydrogen (secondary N) is 1. The van der Waals surface area contributed by atoms with E-state index in [1.165, 1.54) is 24.3 Å². The highest BCUT2D eigenvalue weighted by atomic mass is 32.1. The third-order valence-corrected chi connectivity index (χ3v) is 5.74. The molecular weight excluding hydrogens is 461 g/mol. The van der Waals surface area contributed by atoms with Crippen LogP contribution in [0, 0.1) is 5.82 Å². The third kappa shape index (κ3) is 4.53. The van der Waals surface area contributed by atoms with Gasteiger partial charge in [0.2, 0.25) is 0 Å². The number of halogens is 1. The molecule has 0 saturated heterocycles. The van der Waals surface area contributed by atoms with Crippen molar-refractivity contribution in [2.45, 2.75) is 13.8 Å². The fraction of sp³-hybridized carbons (Fsp3) is 0.167. The Morgan fingerprint density at radius 1 is 1.06 bits per heavy atom. The minimum atomic E-state index is -0.693. The van der Waals surface area contributed by atoms with E-state index in [0.29, 0.717) is 18.0 Å². The van der Waals surface area contributed by atoms with Gasteiger partial charge in [0.25, 0.3) is 11.5 Å². The number of ether oxygens (including phenoxy) is 2. The van der Waals surface area contributed by atoms with Crippen molar-refractivity contribution in [1.82, 2.24) is 9.78 Å². The molecule has 1 amide bonds. The first kappa shape index (κ1) is 23.1. The number of hydrogen-bond acceptors (Lipinski definition) is 7. The van der Waals surface area contributed by atoms with Crippen LogP contribution in [0.4, 0.5) is 9.39 Å². The molecule has 2 aromatic carbocycles. The number of hydrogen-bond donors (Lipinski definition) is 1. The topological polar surface area (TPSA) is 99.5 Å². The fourth-order valence-electron chi connectivity index (χ4n) is 3.29. The summed E-state index contributed by atoms with van der Waals surface area (Å²) in [5.41, 5.74) is 0.0455. The van der Waals surface area contributed by atoms with Gasteiger partial charge in [-0.15, -0.1) is 11.3 Å². The van der Waals surface area contributed by atoms with Crippen molar-refractivity contribution >= 4 is 39.0 Å². The lowest BCUT2D eigenvalue weighted by atomic mass is 10.2. The number of benzene rings is 2. The number of nitrogens with zero attached hydrogens (tertiary/aromatic N) is 2. The predicted molar refractivity (Wildman–Crippen MR) is 127 cm³/mol. The first-order chi connectivity index (χ1) is 16.4. The summed E-state index contributed by atoms with van der Waals surface area (Å²) in [4.78, 5) is 38.8. The maximum atomic E-state index is 13.4. The zero-order valence-corrected chi connectivity index (χ0v) is 19.1. The number of amides is 1. The van der Waals surface area contributed by atoms with E-state index in [1.54, 1.807) is 36.6 Å². The zero-order valence-electron chi connectivity index (χ0n) is 18.3. The maximum Gasteiger partial charge on any atom is 0.359 e. The van der Waals surface area contributed by atoms with Crippen LogP contribution >= 0.6 is 11.3 Å². The normalized spacial score (nSPS) is 10.8. The number of carbonyl (C=O) groups is 2. The van der Waals surface area contributed by atoms with E-state index in [0.717, 1.165) is 16.0 Å². The molecule has 0 spiro atoms. The van der Waals surface area contributed by atoms with Crippen molar-refractivity contribution in [1.29, 1.82) is 0 Å². The molecule has 0 aliphatic heterocycles. The number of carbonyl (C=O) groups excluding carboxylic acids is 2. The van der Waals surface area contributed by atoms with Crippen LogP contribution < -0.4 is 15.6 Å². The van der Waals surface area contributed by atoms with Gasteiger partial charge in [-0.05, 0) is 62.4 Å². The molecule has 0 aliphatic rings. The van der Waals surface area contributed by atoms with Gasteiger partial charge in [-0.25, -0.2) is 9.18 Å². The second kappa shape index (κ2) is 9.84. The highest BCUT2D eigenvalue weighted by Gasteiger charge is 2.23. The van der Waals surface area contributed by atoms with Gasteiger partial charge in [0.15, 0.2) is 5.69 Å². The van der Waals surface area contributed by atoms with Gasteiger partial charge >= 0.3 is 5.97 Å². The van der Waals surface area contributed by atoms with Crippen LogP contribution in [0.25, 0.3) is 16.5 Å². The Labute approximate surface area is 197 Å². The number of aromatic nitrogens is 2. The first-order valence-corrected chi connectivity index (χ1v) is 11.3. The molecule has 2 aromatic heterocycles. The second-order valence-corrected chi connectivity index (χ2v) is 7.91. The van der Waals surface area contributed by atoms with Crippen LogP contribution in [0.2, 0.25) is 0 Å². The molecule has 0 radical (unpaired) electrons. The highest BCUT2D eigenvalue weighted by molar-refractivity contribution is 7.16. The van der Waals surface area contributed by atoms with E-state index < -0.39 is 23.3 Å². The van der Waals surface area contributed by atoms with Gasteiger partial charge in [0.05, 0.1) is 24.3 Å². The van der Waals surface area contributed by atoms with Crippen molar-refractivity contribution in [3.05, 3.63) is 81.3 Å². The number of anilines is 1. The molecule has 34 heavy (non-hydrogen) atoms. The fourth-order valence-corrected chi connectivity index (χ4v) is 4.23. The quantitative estimate of drug-likeness (QED) is 0.393. The average molecular weight is 482 g/mol. The van der Waals surface area contributed by atoms with Crippen molar-refractivity contribution in [2.24, 2.45) is 0 Å². The Hall–Kier alpha value is -4.05. The zero-order chi connectivity index (χ0) is 24.2. The van der Waals surface area contributed by atoms with Crippen LogP contribution in [0.3, 0.4) is 0 Å². The molecule has 8 nitrogen and oxygen atoms in total. The van der Waals surface area contributed by atoms with Crippen LogP contribution in [-0.4, -0.2) is 34.9 Å². The van der Waals surface area contributed by atoms with E-state index in [1.807, 2.05) is 6.92 Å². The van der Waals surface area contributed by atoms with E-state index >= 15 is 0 Å². The van der Waals surface area contributed by atoms with E-state index in [4.69, 9.17) is 9.47 Å². The summed E-state index contributed by atoms with van der Waals surface area (Å²) in [5.74, 6) is -1.07. The minimum absolute atomic E-state index is 0.0520. The molecule has 174 valence electrons. The lowest BCUT2D eigenvalue weighted by molar-refractivity contribution is 0.0520. The molecule has 0 aliphatic carbocycles. The van der Waals surface area contributed by atoms with Crippen molar-refractivity contribution in [3.8, 4) is 11.4 Å². The van der Waals surface area contributed by atoms with Gasteiger partial charge in [-0.2, -0.15) is 9.78 Å². The molecule has 0 atom stereocenters. The molecule has 0 saturated carbocycles. The van der Waals surface area contributed by atoms with Gasteiger partial charge in [-0.3, -0.25) is 9.59 Å². The SMILES string of the molecule is CCOC(=O)c1nn(-c2ccc(OCC)cc2)c(=O)c2c(NC(=O)c3ccc(F)cc3)scc12. The predicted octanol–water partition coefficient (Wildman–Crippen LogP) is 4.41. The molecule has 4 rings (SSSR count). The summed E-state index contributed by atoms with van der Waals surface area (Å²) in [6.07, 6.45) is 0. The van der Waals surface area contributed by atoms with Gasteiger partial charge in [-0.1, -0.05) is 0 Å². The first-order valence-electron chi connectivity index (χ1n) is 10.4. The van der Waals surface area contributed by atoms with Gasteiger partial charge < -0.3 is 14.8 Å². The van der Waals surface area contributed by atoms with E-state index in [-0.39, 0.29) is 33.6 Å². The van der Waals surface area contributed by atoms with Gasteiger partial charge in [0, 0.05) is 16.3 Å². The number of fused-ring (bicyclic) bond motifs is 1. The Morgan fingerprint density at radius 2 is 1.76 bits per heavy atom. The third-order valence-electron chi connectivity index (χ3n) is 4.85. The molecule has 0 unspecified atom stereocenters. The Balaban J connectivity index is 1.84. The highest BCUT2D eigenvalue weighted by Crippen LogP contribution is 2.31. The van der Waals surface area contributed by atoms with E-state index in [2.05, 4.69) is 10.4 Å². The largest absolute Gasteiger partial charge is 0.494 e. The summed E-state index contributed by atoms with van der Waals surface area (Å²) < 4.78 is 24.9. The Morgan fingerprint density at radius 3 is 2.41 bits per heavy atom. The van der Waals surface area contributed by atoms with Crippen LogP contribution in [0.1, 0.15) is 34.7 Å². The minimum Gasteiger partial charge on any atom is -0.494 e. The van der Waals surface area contributed by atoms with E-state index in [9.17, 15) is 18.8 Å².